The largest absolute Gasteiger partial charge is 0.493 e. The molecule has 7 nitrogen and oxygen atoms in total. The second kappa shape index (κ2) is 13.0. The molecular weight excluding hydrogens is 370 g/mol. The van der Waals surface area contributed by atoms with E-state index >= 15 is 0 Å². The molecule has 1 aliphatic rings. The van der Waals surface area contributed by atoms with Crippen LogP contribution >= 0.6 is 0 Å². The highest BCUT2D eigenvalue weighted by atomic mass is 16.5. The number of rotatable bonds is 10. The van der Waals surface area contributed by atoms with E-state index in [2.05, 4.69) is 17.1 Å². The predicted molar refractivity (Wildman–Crippen MR) is 114 cm³/mol. The van der Waals surface area contributed by atoms with Crippen LogP contribution in [0.1, 0.15) is 38.7 Å². The van der Waals surface area contributed by atoms with Gasteiger partial charge in [-0.05, 0) is 44.4 Å². The summed E-state index contributed by atoms with van der Waals surface area (Å²) in [5.41, 5.74) is 1.09. The average Bonchev–Trinajstić information content (AvgIpc) is 2.75. The van der Waals surface area contributed by atoms with Crippen molar-refractivity contribution in [3.8, 4) is 5.75 Å². The second-order valence-corrected chi connectivity index (χ2v) is 7.05. The molecule has 2 rings (SSSR count). The molecule has 29 heavy (non-hydrogen) atoms. The van der Waals surface area contributed by atoms with Gasteiger partial charge in [0, 0.05) is 39.8 Å². The quantitative estimate of drug-likeness (QED) is 0.279. The maximum atomic E-state index is 12.1. The summed E-state index contributed by atoms with van der Waals surface area (Å²) in [4.78, 5) is 19.1. The lowest BCUT2D eigenvalue weighted by molar-refractivity contribution is -0.149. The summed E-state index contributed by atoms with van der Waals surface area (Å²) in [5.74, 6) is 1.50. The number of methoxy groups -OCH3 is 1. The zero-order valence-corrected chi connectivity index (χ0v) is 18.0. The van der Waals surface area contributed by atoms with Gasteiger partial charge in [-0.2, -0.15) is 0 Å². The van der Waals surface area contributed by atoms with E-state index in [9.17, 15) is 4.79 Å². The Balaban J connectivity index is 1.98. The summed E-state index contributed by atoms with van der Waals surface area (Å²) in [7, 11) is 1.69. The third-order valence-corrected chi connectivity index (χ3v) is 4.75. The van der Waals surface area contributed by atoms with E-state index in [1.807, 2.05) is 31.2 Å². The Labute approximate surface area is 174 Å². The molecule has 0 aromatic heterocycles. The molecule has 1 atom stereocenters. The predicted octanol–water partition coefficient (Wildman–Crippen LogP) is 2.84. The zero-order valence-electron chi connectivity index (χ0n) is 18.0. The van der Waals surface area contributed by atoms with Gasteiger partial charge >= 0.3 is 5.97 Å². The van der Waals surface area contributed by atoms with Gasteiger partial charge in [-0.25, -0.2) is 4.99 Å². The number of hydrogen-bond acceptors (Lipinski definition) is 5. The number of guanidine groups is 1. The van der Waals surface area contributed by atoms with Crippen molar-refractivity contribution in [2.24, 2.45) is 10.9 Å². The molecule has 1 saturated heterocycles. The number of esters is 1. The number of benzene rings is 1. The highest BCUT2D eigenvalue weighted by Gasteiger charge is 2.28. The first kappa shape index (κ1) is 23.0. The van der Waals surface area contributed by atoms with E-state index in [4.69, 9.17) is 19.2 Å². The summed E-state index contributed by atoms with van der Waals surface area (Å²) < 4.78 is 16.0. The van der Waals surface area contributed by atoms with Crippen LogP contribution < -0.4 is 10.1 Å². The third-order valence-electron chi connectivity index (χ3n) is 4.75. The van der Waals surface area contributed by atoms with E-state index in [0.29, 0.717) is 32.9 Å². The molecule has 1 heterocycles. The molecule has 0 spiro atoms. The average molecular weight is 406 g/mol. The molecule has 0 aliphatic carbocycles. The molecule has 1 unspecified atom stereocenters. The van der Waals surface area contributed by atoms with Crippen LogP contribution in [0.25, 0.3) is 0 Å². The van der Waals surface area contributed by atoms with Crippen molar-refractivity contribution in [3.63, 3.8) is 0 Å². The number of aliphatic imine (C=N–C) groups is 1. The molecule has 0 amide bonds. The number of nitrogens with one attached hydrogen (secondary N) is 1. The molecule has 1 aromatic rings. The van der Waals surface area contributed by atoms with E-state index < -0.39 is 0 Å². The van der Waals surface area contributed by atoms with Crippen LogP contribution in [0.4, 0.5) is 0 Å². The zero-order chi connectivity index (χ0) is 20.9. The van der Waals surface area contributed by atoms with Crippen molar-refractivity contribution in [2.45, 2.75) is 39.7 Å². The molecule has 1 fully saturated rings. The minimum Gasteiger partial charge on any atom is -0.493 e. The van der Waals surface area contributed by atoms with Gasteiger partial charge in [0.2, 0.25) is 0 Å². The molecule has 0 saturated carbocycles. The first-order chi connectivity index (χ1) is 14.2. The summed E-state index contributed by atoms with van der Waals surface area (Å²) in [6.07, 6.45) is 2.69. The SMILES string of the molecule is CCNC(=NCc1cccc(OCCCOC)c1)N1CCCC(C(=O)OCC)C1. The number of likely N-dealkylation sites (tertiary alicyclic amines) is 1. The Hall–Kier alpha value is -2.28. The Kier molecular flexibility index (Phi) is 10.3. The van der Waals surface area contributed by atoms with Gasteiger partial charge in [0.15, 0.2) is 5.96 Å². The maximum absolute atomic E-state index is 12.1. The van der Waals surface area contributed by atoms with Crippen LogP contribution in [0.15, 0.2) is 29.3 Å². The second-order valence-electron chi connectivity index (χ2n) is 7.05. The van der Waals surface area contributed by atoms with Gasteiger partial charge in [-0.15, -0.1) is 0 Å². The number of carbonyl (C=O) groups is 1. The van der Waals surface area contributed by atoms with Crippen molar-refractivity contribution in [1.29, 1.82) is 0 Å². The van der Waals surface area contributed by atoms with E-state index in [1.54, 1.807) is 7.11 Å². The highest BCUT2D eigenvalue weighted by molar-refractivity contribution is 5.81. The van der Waals surface area contributed by atoms with Gasteiger partial charge in [-0.3, -0.25) is 4.79 Å². The minimum absolute atomic E-state index is 0.0867. The first-order valence-electron chi connectivity index (χ1n) is 10.6. The lowest BCUT2D eigenvalue weighted by Gasteiger charge is -2.34. The Morgan fingerprint density at radius 3 is 2.93 bits per heavy atom. The lowest BCUT2D eigenvalue weighted by atomic mass is 9.98. The molecule has 1 N–H and O–H groups in total. The Morgan fingerprint density at radius 1 is 1.31 bits per heavy atom. The van der Waals surface area contributed by atoms with Crippen LogP contribution in [0.2, 0.25) is 0 Å². The van der Waals surface area contributed by atoms with Gasteiger partial charge in [0.25, 0.3) is 0 Å². The molecular formula is C22H35N3O4. The molecule has 7 heteroatoms. The van der Waals surface area contributed by atoms with Crippen LogP contribution in [0.3, 0.4) is 0 Å². The first-order valence-corrected chi connectivity index (χ1v) is 10.6. The Bertz CT molecular complexity index is 651. The fourth-order valence-corrected chi connectivity index (χ4v) is 3.34. The van der Waals surface area contributed by atoms with E-state index in [0.717, 1.165) is 49.6 Å². The number of nitrogens with zero attached hydrogens (tertiary/aromatic N) is 2. The van der Waals surface area contributed by atoms with Crippen molar-refractivity contribution in [2.75, 3.05) is 46.6 Å². The molecule has 0 radical (unpaired) electrons. The van der Waals surface area contributed by atoms with Gasteiger partial charge in [-0.1, -0.05) is 12.1 Å². The number of piperidine rings is 1. The smallest absolute Gasteiger partial charge is 0.310 e. The summed E-state index contributed by atoms with van der Waals surface area (Å²) in [6.45, 7) is 8.52. The van der Waals surface area contributed by atoms with Crippen molar-refractivity contribution >= 4 is 11.9 Å². The standard InChI is InChI=1S/C22H35N3O4/c1-4-23-22(25-12-7-10-19(17-25)21(26)28-5-2)24-16-18-9-6-11-20(15-18)29-14-8-13-27-3/h6,9,11,15,19H,4-5,7-8,10,12-14,16-17H2,1-3H3,(H,23,24). The van der Waals surface area contributed by atoms with E-state index in [1.165, 1.54) is 0 Å². The highest BCUT2D eigenvalue weighted by Crippen LogP contribution is 2.19. The number of hydrogen-bond donors (Lipinski definition) is 1. The van der Waals surface area contributed by atoms with Crippen molar-refractivity contribution in [3.05, 3.63) is 29.8 Å². The summed E-state index contributed by atoms with van der Waals surface area (Å²) >= 11 is 0. The van der Waals surface area contributed by atoms with E-state index in [-0.39, 0.29) is 11.9 Å². The minimum atomic E-state index is -0.105. The van der Waals surface area contributed by atoms with Crippen LogP contribution in [-0.2, 0) is 20.8 Å². The Morgan fingerprint density at radius 2 is 2.17 bits per heavy atom. The molecule has 1 aromatic carbocycles. The number of ether oxygens (including phenoxy) is 3. The number of carbonyl (C=O) groups excluding carboxylic acids is 1. The summed E-state index contributed by atoms with van der Waals surface area (Å²) in [6, 6.07) is 8.02. The molecule has 0 bridgehead atoms. The van der Waals surface area contributed by atoms with Crippen LogP contribution in [0.5, 0.6) is 5.75 Å². The lowest BCUT2D eigenvalue weighted by Crippen LogP contribution is -2.48. The van der Waals surface area contributed by atoms with Gasteiger partial charge < -0.3 is 24.4 Å². The summed E-state index contributed by atoms with van der Waals surface area (Å²) in [5, 5.41) is 3.36. The molecule has 1 aliphatic heterocycles. The van der Waals surface area contributed by atoms with Gasteiger partial charge in [0.05, 0.1) is 25.7 Å². The van der Waals surface area contributed by atoms with Crippen LogP contribution in [-0.4, -0.2) is 63.4 Å². The van der Waals surface area contributed by atoms with Crippen molar-refractivity contribution in [1.82, 2.24) is 10.2 Å². The third kappa shape index (κ3) is 7.93. The fraction of sp³-hybridized carbons (Fsp3) is 0.636. The van der Waals surface area contributed by atoms with Crippen molar-refractivity contribution < 1.29 is 19.0 Å². The normalized spacial score (nSPS) is 17.1. The van der Waals surface area contributed by atoms with Gasteiger partial charge in [0.1, 0.15) is 5.75 Å². The monoisotopic (exact) mass is 405 g/mol. The topological polar surface area (TPSA) is 72.4 Å². The fourth-order valence-electron chi connectivity index (χ4n) is 3.34. The maximum Gasteiger partial charge on any atom is 0.310 e. The molecule has 162 valence electrons. The van der Waals surface area contributed by atoms with Crippen LogP contribution in [0, 0.1) is 5.92 Å².